The molecular formula is C16H19BrN2. The molecule has 2 rings (SSSR count). The second-order valence-corrected chi connectivity index (χ2v) is 5.02. The Bertz CT molecular complexity index is 499. The van der Waals surface area contributed by atoms with Crippen LogP contribution in [0.4, 0.5) is 11.5 Å². The zero-order valence-electron chi connectivity index (χ0n) is 11.2. The van der Waals surface area contributed by atoms with E-state index in [2.05, 4.69) is 63.1 Å². The summed E-state index contributed by atoms with van der Waals surface area (Å²) in [5.74, 6) is 1.05. The molecule has 1 heterocycles. The Morgan fingerprint density at radius 3 is 2.58 bits per heavy atom. The predicted molar refractivity (Wildman–Crippen MR) is 85.2 cm³/mol. The summed E-state index contributed by atoms with van der Waals surface area (Å²) >= 11 is 3.55. The van der Waals surface area contributed by atoms with E-state index in [9.17, 15) is 0 Å². The lowest BCUT2D eigenvalue weighted by Crippen LogP contribution is -2.20. The van der Waals surface area contributed by atoms with Gasteiger partial charge in [0.2, 0.25) is 0 Å². The first-order valence-electron chi connectivity index (χ1n) is 6.69. The highest BCUT2D eigenvalue weighted by atomic mass is 79.9. The molecule has 0 bridgehead atoms. The van der Waals surface area contributed by atoms with Crippen LogP contribution in [0.3, 0.4) is 0 Å². The number of rotatable bonds is 6. The van der Waals surface area contributed by atoms with E-state index in [0.717, 1.165) is 24.1 Å². The van der Waals surface area contributed by atoms with Crippen LogP contribution in [0.5, 0.6) is 0 Å². The molecule has 0 unspecified atom stereocenters. The van der Waals surface area contributed by atoms with Crippen LogP contribution in [0.2, 0.25) is 0 Å². The zero-order valence-corrected chi connectivity index (χ0v) is 12.8. The van der Waals surface area contributed by atoms with Gasteiger partial charge >= 0.3 is 0 Å². The summed E-state index contributed by atoms with van der Waals surface area (Å²) < 4.78 is 0. The first kappa shape index (κ1) is 14.1. The van der Waals surface area contributed by atoms with Crippen molar-refractivity contribution >= 4 is 27.4 Å². The van der Waals surface area contributed by atoms with Gasteiger partial charge in [0.05, 0.1) is 0 Å². The van der Waals surface area contributed by atoms with Crippen LogP contribution in [-0.4, -0.2) is 11.5 Å². The van der Waals surface area contributed by atoms with Gasteiger partial charge in [0.1, 0.15) is 5.82 Å². The molecule has 0 N–H and O–H groups in total. The average molecular weight is 319 g/mol. The lowest BCUT2D eigenvalue weighted by atomic mass is 10.2. The Labute approximate surface area is 123 Å². The highest BCUT2D eigenvalue weighted by molar-refractivity contribution is 9.08. The Morgan fingerprint density at radius 1 is 1.11 bits per heavy atom. The van der Waals surface area contributed by atoms with Crippen LogP contribution >= 0.6 is 15.9 Å². The van der Waals surface area contributed by atoms with Gasteiger partial charge in [-0.25, -0.2) is 4.98 Å². The van der Waals surface area contributed by atoms with Crippen LogP contribution in [0.1, 0.15) is 25.3 Å². The van der Waals surface area contributed by atoms with Crippen molar-refractivity contribution < 1.29 is 0 Å². The van der Waals surface area contributed by atoms with E-state index in [4.69, 9.17) is 0 Å². The summed E-state index contributed by atoms with van der Waals surface area (Å²) in [4.78, 5) is 6.88. The van der Waals surface area contributed by atoms with Crippen LogP contribution in [0, 0.1) is 0 Å². The monoisotopic (exact) mass is 318 g/mol. The largest absolute Gasteiger partial charge is 0.326 e. The molecule has 3 heteroatoms. The molecule has 19 heavy (non-hydrogen) atoms. The van der Waals surface area contributed by atoms with Gasteiger partial charge in [-0.1, -0.05) is 53.5 Å². The summed E-state index contributed by atoms with van der Waals surface area (Å²) in [5, 5.41) is 0.825. The molecule has 100 valence electrons. The van der Waals surface area contributed by atoms with Crippen LogP contribution in [0.15, 0.2) is 48.7 Å². The maximum Gasteiger partial charge on any atom is 0.136 e. The first-order valence-corrected chi connectivity index (χ1v) is 7.81. The third kappa shape index (κ3) is 3.57. The summed E-state index contributed by atoms with van der Waals surface area (Å²) in [6, 6.07) is 14.6. The fourth-order valence-corrected chi connectivity index (χ4v) is 2.50. The number of hydrogen-bond acceptors (Lipinski definition) is 2. The van der Waals surface area contributed by atoms with E-state index < -0.39 is 0 Å². The van der Waals surface area contributed by atoms with Crippen molar-refractivity contribution in [3.8, 4) is 0 Å². The maximum absolute atomic E-state index is 4.58. The van der Waals surface area contributed by atoms with Crippen LogP contribution < -0.4 is 4.90 Å². The van der Waals surface area contributed by atoms with Crippen molar-refractivity contribution in [2.24, 2.45) is 0 Å². The molecule has 0 saturated carbocycles. The summed E-state index contributed by atoms with van der Waals surface area (Å²) in [6.07, 6.45) is 4.20. The van der Waals surface area contributed by atoms with Gasteiger partial charge < -0.3 is 4.90 Å². The van der Waals surface area contributed by atoms with Crippen LogP contribution in [0.25, 0.3) is 0 Å². The second-order valence-electron chi connectivity index (χ2n) is 4.46. The fraction of sp³-hybridized carbons (Fsp3) is 0.312. The van der Waals surface area contributed by atoms with Crippen molar-refractivity contribution in [1.82, 2.24) is 4.98 Å². The first-order chi connectivity index (χ1) is 9.36. The standard InChI is InChI=1S/C16H19BrN2/c1-2-3-12-19(15-9-5-4-6-10-15)16-14(13-17)8-7-11-18-16/h4-11H,2-3,12-13H2,1H3. The van der Waals surface area contributed by atoms with Gasteiger partial charge in [-0.05, 0) is 24.6 Å². The number of hydrogen-bond donors (Lipinski definition) is 0. The number of pyridine rings is 1. The minimum atomic E-state index is 0.825. The molecule has 0 fully saturated rings. The third-order valence-corrected chi connectivity index (χ3v) is 3.67. The number of para-hydroxylation sites is 1. The van der Waals surface area contributed by atoms with Crippen molar-refractivity contribution in [3.63, 3.8) is 0 Å². The van der Waals surface area contributed by atoms with Gasteiger partial charge in [0.15, 0.2) is 0 Å². The SMILES string of the molecule is CCCCN(c1ccccc1)c1ncccc1CBr. The molecule has 0 aliphatic carbocycles. The molecule has 0 aliphatic heterocycles. The summed E-state index contributed by atoms with van der Waals surface area (Å²) in [7, 11) is 0. The molecule has 0 atom stereocenters. The highest BCUT2D eigenvalue weighted by Gasteiger charge is 2.13. The summed E-state index contributed by atoms with van der Waals surface area (Å²) in [5.41, 5.74) is 2.43. The van der Waals surface area contributed by atoms with E-state index in [1.165, 1.54) is 17.7 Å². The molecule has 1 aromatic heterocycles. The smallest absolute Gasteiger partial charge is 0.136 e. The third-order valence-electron chi connectivity index (χ3n) is 3.07. The zero-order chi connectivity index (χ0) is 13.5. The topological polar surface area (TPSA) is 16.1 Å². The number of benzene rings is 1. The van der Waals surface area contributed by atoms with Gasteiger partial charge in [-0.15, -0.1) is 0 Å². The molecule has 1 aromatic carbocycles. The predicted octanol–water partition coefficient (Wildman–Crippen LogP) is 4.91. The van der Waals surface area contributed by atoms with Gasteiger partial charge in [-0.3, -0.25) is 0 Å². The van der Waals surface area contributed by atoms with Crippen molar-refractivity contribution in [2.45, 2.75) is 25.1 Å². The second kappa shape index (κ2) is 7.29. The highest BCUT2D eigenvalue weighted by Crippen LogP contribution is 2.28. The van der Waals surface area contributed by atoms with E-state index in [1.54, 1.807) is 0 Å². The van der Waals surface area contributed by atoms with Crippen LogP contribution in [-0.2, 0) is 5.33 Å². The van der Waals surface area contributed by atoms with Crippen molar-refractivity contribution in [3.05, 3.63) is 54.2 Å². The molecule has 0 amide bonds. The van der Waals surface area contributed by atoms with Gasteiger partial charge in [-0.2, -0.15) is 0 Å². The Morgan fingerprint density at radius 2 is 1.89 bits per heavy atom. The van der Waals surface area contributed by atoms with Crippen molar-refractivity contribution in [2.75, 3.05) is 11.4 Å². The van der Waals surface area contributed by atoms with E-state index in [1.807, 2.05) is 18.3 Å². The van der Waals surface area contributed by atoms with Crippen molar-refractivity contribution in [1.29, 1.82) is 0 Å². The molecule has 2 nitrogen and oxygen atoms in total. The molecular weight excluding hydrogens is 300 g/mol. The minimum absolute atomic E-state index is 0.825. The number of unbranched alkanes of at least 4 members (excludes halogenated alkanes) is 1. The number of aromatic nitrogens is 1. The molecule has 0 radical (unpaired) electrons. The number of nitrogens with zero attached hydrogens (tertiary/aromatic N) is 2. The average Bonchev–Trinajstić information content (AvgIpc) is 2.49. The van der Waals surface area contributed by atoms with E-state index in [-0.39, 0.29) is 0 Å². The normalized spacial score (nSPS) is 10.4. The molecule has 2 aromatic rings. The summed E-state index contributed by atoms with van der Waals surface area (Å²) in [6.45, 7) is 3.21. The maximum atomic E-state index is 4.58. The number of halogens is 1. The Hall–Kier alpha value is -1.35. The number of anilines is 2. The quantitative estimate of drug-likeness (QED) is 0.703. The fourth-order valence-electron chi connectivity index (χ4n) is 2.06. The van der Waals surface area contributed by atoms with Gasteiger partial charge in [0.25, 0.3) is 0 Å². The Balaban J connectivity index is 2.37. The molecule has 0 spiro atoms. The lowest BCUT2D eigenvalue weighted by molar-refractivity contribution is 0.777. The van der Waals surface area contributed by atoms with E-state index >= 15 is 0 Å². The number of alkyl halides is 1. The van der Waals surface area contributed by atoms with E-state index in [0.29, 0.717) is 0 Å². The van der Waals surface area contributed by atoms with Gasteiger partial charge in [0, 0.05) is 29.3 Å². The molecule has 0 saturated heterocycles. The lowest BCUT2D eigenvalue weighted by Gasteiger charge is -2.25. The molecule has 0 aliphatic rings. The minimum Gasteiger partial charge on any atom is -0.326 e. The Kier molecular flexibility index (Phi) is 5.40.